The van der Waals surface area contributed by atoms with Gasteiger partial charge in [-0.3, -0.25) is 4.79 Å². The van der Waals surface area contributed by atoms with Gasteiger partial charge in [0.25, 0.3) is 0 Å². The van der Waals surface area contributed by atoms with Crippen molar-refractivity contribution < 1.29 is 9.90 Å². The van der Waals surface area contributed by atoms with Crippen LogP contribution >= 0.6 is 11.8 Å². The maximum absolute atomic E-state index is 10.3. The van der Waals surface area contributed by atoms with E-state index in [9.17, 15) is 4.79 Å². The molecule has 0 aromatic rings. The number of carboxylic acids is 1. The van der Waals surface area contributed by atoms with Gasteiger partial charge in [-0.05, 0) is 5.41 Å². The lowest BCUT2D eigenvalue weighted by Gasteiger charge is -2.09. The summed E-state index contributed by atoms with van der Waals surface area (Å²) in [4.78, 5) is 11.9. The molecule has 0 aromatic carbocycles. The van der Waals surface area contributed by atoms with Crippen molar-refractivity contribution in [3.63, 3.8) is 0 Å². The Labute approximate surface area is 69.4 Å². The highest BCUT2D eigenvalue weighted by Gasteiger charge is 2.01. The molecule has 1 aliphatic rings. The molecule has 0 unspecified atom stereocenters. The molecule has 0 fully saturated rings. The second-order valence-electron chi connectivity index (χ2n) is 2.07. The smallest absolute Gasteiger partial charge is 0.323 e. The lowest BCUT2D eigenvalue weighted by atomic mass is 10.5. The first-order valence-electron chi connectivity index (χ1n) is 3.21. The van der Waals surface area contributed by atoms with Crippen LogP contribution in [-0.2, 0) is 4.79 Å². The number of carboxylic acid groups (broad SMARTS) is 1. The fourth-order valence-electron chi connectivity index (χ4n) is 0.722. The van der Waals surface area contributed by atoms with Crippen LogP contribution in [0.2, 0.25) is 0 Å². The number of nitrogens with zero attached hydrogens (tertiary/aromatic N) is 1. The van der Waals surface area contributed by atoms with Crippen molar-refractivity contribution in [1.29, 1.82) is 0 Å². The van der Waals surface area contributed by atoms with Gasteiger partial charge in [0.1, 0.15) is 6.54 Å². The molecule has 0 aliphatic carbocycles. The van der Waals surface area contributed by atoms with Crippen LogP contribution in [0, 0.1) is 0 Å². The minimum Gasteiger partial charge on any atom is -0.480 e. The largest absolute Gasteiger partial charge is 0.480 e. The van der Waals surface area contributed by atoms with Gasteiger partial charge in [-0.1, -0.05) is 6.08 Å². The highest BCUT2D eigenvalue weighted by atomic mass is 32.2. The number of aliphatic carboxylic acids is 1. The van der Waals surface area contributed by atoms with Gasteiger partial charge in [0.2, 0.25) is 0 Å². The van der Waals surface area contributed by atoms with Gasteiger partial charge in [0.15, 0.2) is 0 Å². The minimum absolute atomic E-state index is 0.0353. The molecular weight excluding hydrogens is 162 g/mol. The maximum Gasteiger partial charge on any atom is 0.323 e. The Balaban J connectivity index is 2.48. The molecular formula is C7H9NO2S. The molecule has 1 heterocycles. The molecule has 1 N–H and O–H groups in total. The van der Waals surface area contributed by atoms with Crippen molar-refractivity contribution in [2.75, 3.05) is 12.3 Å². The number of thioether (sulfide) groups is 1. The Hall–Kier alpha value is -0.900. The lowest BCUT2D eigenvalue weighted by molar-refractivity contribution is -0.137. The Morgan fingerprint density at radius 2 is 2.45 bits per heavy atom. The molecule has 0 radical (unpaired) electrons. The lowest BCUT2D eigenvalue weighted by Crippen LogP contribution is -2.18. The predicted octanol–water partition coefficient (Wildman–Crippen LogP) is 1.10. The van der Waals surface area contributed by atoms with Gasteiger partial charge in [-0.2, -0.15) is 0 Å². The van der Waals surface area contributed by atoms with Crippen LogP contribution in [0.4, 0.5) is 0 Å². The Bertz CT molecular complexity index is 187. The van der Waals surface area contributed by atoms with Crippen molar-refractivity contribution in [2.45, 2.75) is 0 Å². The van der Waals surface area contributed by atoms with Crippen molar-refractivity contribution in [2.24, 2.45) is 0 Å². The van der Waals surface area contributed by atoms with E-state index in [0.717, 1.165) is 5.75 Å². The molecule has 1 rings (SSSR count). The zero-order valence-electron chi connectivity index (χ0n) is 5.93. The standard InChI is InChI=1S/C7H9NO2S/c9-7(10)6-8-2-1-4-11-5-3-8/h1-3,5H,4,6H2,(H,9,10). The van der Waals surface area contributed by atoms with Crippen LogP contribution in [0.15, 0.2) is 23.9 Å². The SMILES string of the molecule is O=C(O)CN1C=CCSC=C1. The van der Waals surface area contributed by atoms with E-state index in [1.165, 1.54) is 0 Å². The Morgan fingerprint density at radius 3 is 3.18 bits per heavy atom. The molecule has 0 amide bonds. The first-order chi connectivity index (χ1) is 5.29. The van der Waals surface area contributed by atoms with Crippen molar-refractivity contribution >= 4 is 17.7 Å². The molecule has 0 saturated carbocycles. The molecule has 4 heteroatoms. The van der Waals surface area contributed by atoms with Crippen molar-refractivity contribution in [3.8, 4) is 0 Å². The first-order valence-corrected chi connectivity index (χ1v) is 4.26. The minimum atomic E-state index is -0.814. The van der Waals surface area contributed by atoms with E-state index < -0.39 is 5.97 Å². The zero-order valence-corrected chi connectivity index (χ0v) is 6.75. The normalized spacial score (nSPS) is 16.5. The highest BCUT2D eigenvalue weighted by Crippen LogP contribution is 2.08. The second-order valence-corrected chi connectivity index (χ2v) is 3.01. The van der Waals surface area contributed by atoms with E-state index in [1.807, 2.05) is 11.5 Å². The Kier molecular flexibility index (Phi) is 3.04. The van der Waals surface area contributed by atoms with Gasteiger partial charge >= 0.3 is 5.97 Å². The summed E-state index contributed by atoms with van der Waals surface area (Å²) in [5.74, 6) is 0.0956. The van der Waals surface area contributed by atoms with Crippen molar-refractivity contribution in [3.05, 3.63) is 23.9 Å². The maximum atomic E-state index is 10.3. The highest BCUT2D eigenvalue weighted by molar-refractivity contribution is 8.02. The summed E-state index contributed by atoms with van der Waals surface area (Å²) in [6, 6.07) is 0. The summed E-state index contributed by atoms with van der Waals surface area (Å²) < 4.78 is 0. The number of hydrogen-bond acceptors (Lipinski definition) is 3. The first kappa shape index (κ1) is 8.20. The topological polar surface area (TPSA) is 40.5 Å². The summed E-state index contributed by atoms with van der Waals surface area (Å²) in [5.41, 5.74) is 0. The molecule has 0 spiro atoms. The average molecular weight is 171 g/mol. The van der Waals surface area contributed by atoms with Crippen LogP contribution < -0.4 is 0 Å². The van der Waals surface area contributed by atoms with Crippen LogP contribution in [0.25, 0.3) is 0 Å². The molecule has 11 heavy (non-hydrogen) atoms. The molecule has 3 nitrogen and oxygen atoms in total. The summed E-state index contributed by atoms with van der Waals surface area (Å²) in [7, 11) is 0. The van der Waals surface area contributed by atoms with Crippen molar-refractivity contribution in [1.82, 2.24) is 4.90 Å². The fraction of sp³-hybridized carbons (Fsp3) is 0.286. The third kappa shape index (κ3) is 3.13. The van der Waals surface area contributed by atoms with Crippen LogP contribution in [0.5, 0.6) is 0 Å². The summed E-state index contributed by atoms with van der Waals surface area (Å²) in [6.07, 6.45) is 5.49. The van der Waals surface area contributed by atoms with E-state index in [2.05, 4.69) is 0 Å². The van der Waals surface area contributed by atoms with Crippen LogP contribution in [0.1, 0.15) is 0 Å². The monoisotopic (exact) mass is 171 g/mol. The summed E-state index contributed by atoms with van der Waals surface area (Å²) in [5, 5.41) is 10.3. The van der Waals surface area contributed by atoms with Crippen LogP contribution in [0.3, 0.4) is 0 Å². The quantitative estimate of drug-likeness (QED) is 0.675. The summed E-state index contributed by atoms with van der Waals surface area (Å²) in [6.45, 7) is 0.0353. The van der Waals surface area contributed by atoms with Gasteiger partial charge in [-0.25, -0.2) is 0 Å². The third-order valence-corrected chi connectivity index (χ3v) is 1.85. The van der Waals surface area contributed by atoms with Gasteiger partial charge < -0.3 is 10.0 Å². The molecule has 1 aliphatic heterocycles. The van der Waals surface area contributed by atoms with E-state index in [-0.39, 0.29) is 6.54 Å². The number of hydrogen-bond donors (Lipinski definition) is 1. The summed E-state index contributed by atoms with van der Waals surface area (Å²) >= 11 is 1.64. The number of carbonyl (C=O) groups is 1. The van der Waals surface area contributed by atoms with E-state index in [4.69, 9.17) is 5.11 Å². The third-order valence-electron chi connectivity index (χ3n) is 1.16. The molecule has 0 aromatic heterocycles. The van der Waals surface area contributed by atoms with Crippen LogP contribution in [-0.4, -0.2) is 28.3 Å². The average Bonchev–Trinajstić information content (AvgIpc) is 2.14. The Morgan fingerprint density at radius 1 is 1.64 bits per heavy atom. The molecule has 0 atom stereocenters. The van der Waals surface area contributed by atoms with E-state index >= 15 is 0 Å². The predicted molar refractivity (Wildman–Crippen MR) is 45.1 cm³/mol. The number of rotatable bonds is 2. The van der Waals surface area contributed by atoms with Gasteiger partial charge in [0, 0.05) is 18.2 Å². The second kappa shape index (κ2) is 4.08. The van der Waals surface area contributed by atoms with E-state index in [1.54, 1.807) is 29.1 Å². The van der Waals surface area contributed by atoms with Gasteiger partial charge in [0.05, 0.1) is 0 Å². The van der Waals surface area contributed by atoms with Gasteiger partial charge in [-0.15, -0.1) is 11.8 Å². The molecule has 0 bridgehead atoms. The zero-order chi connectivity index (χ0) is 8.10. The fourth-order valence-corrected chi connectivity index (χ4v) is 1.27. The molecule has 60 valence electrons. The molecule has 0 saturated heterocycles. The van der Waals surface area contributed by atoms with E-state index in [0.29, 0.717) is 0 Å².